The fourth-order valence-electron chi connectivity index (χ4n) is 2.42. The first kappa shape index (κ1) is 17.6. The first-order chi connectivity index (χ1) is 10.6. The van der Waals surface area contributed by atoms with Crippen molar-refractivity contribution in [1.29, 1.82) is 0 Å². The number of hydrogen-bond acceptors (Lipinski definition) is 4. The van der Waals surface area contributed by atoms with E-state index >= 15 is 0 Å². The summed E-state index contributed by atoms with van der Waals surface area (Å²) in [5.74, 6) is -0.356. The fraction of sp³-hybridized carbons (Fsp3) is 0.625. The van der Waals surface area contributed by atoms with E-state index in [4.69, 9.17) is 21.1 Å². The van der Waals surface area contributed by atoms with E-state index in [9.17, 15) is 9.50 Å². The summed E-state index contributed by atoms with van der Waals surface area (Å²) in [5.41, 5.74) is 0.806. The molecule has 22 heavy (non-hydrogen) atoms. The second-order valence-corrected chi connectivity index (χ2v) is 6.00. The standard InChI is InChI=1S/C16H23ClFNO3/c1-11(15-3-2-12(18)8-16(15)17)19-9-13(20)10-22-14-4-6-21-7-5-14/h2-3,8,11,13-14,19-20H,4-7,9-10H2,1H3. The minimum absolute atomic E-state index is 0.0779. The van der Waals surface area contributed by atoms with Crippen LogP contribution in [0.4, 0.5) is 4.39 Å². The van der Waals surface area contributed by atoms with E-state index in [0.717, 1.165) is 31.6 Å². The topological polar surface area (TPSA) is 50.7 Å². The molecule has 1 aromatic carbocycles. The van der Waals surface area contributed by atoms with Gasteiger partial charge < -0.3 is 19.9 Å². The zero-order chi connectivity index (χ0) is 15.9. The maximum absolute atomic E-state index is 13.0. The maximum atomic E-state index is 13.0. The van der Waals surface area contributed by atoms with Crippen molar-refractivity contribution in [3.8, 4) is 0 Å². The highest BCUT2D eigenvalue weighted by Gasteiger charge is 2.17. The van der Waals surface area contributed by atoms with Crippen molar-refractivity contribution in [3.63, 3.8) is 0 Å². The van der Waals surface area contributed by atoms with Gasteiger partial charge in [-0.1, -0.05) is 17.7 Å². The van der Waals surface area contributed by atoms with Gasteiger partial charge in [-0.15, -0.1) is 0 Å². The van der Waals surface area contributed by atoms with Crippen molar-refractivity contribution in [2.75, 3.05) is 26.4 Å². The lowest BCUT2D eigenvalue weighted by atomic mass is 10.1. The molecule has 0 radical (unpaired) electrons. The van der Waals surface area contributed by atoms with Crippen LogP contribution in [-0.2, 0) is 9.47 Å². The molecule has 0 saturated carbocycles. The second-order valence-electron chi connectivity index (χ2n) is 5.59. The number of benzene rings is 1. The van der Waals surface area contributed by atoms with Crippen LogP contribution in [0.1, 0.15) is 31.4 Å². The third-order valence-corrected chi connectivity index (χ3v) is 4.11. The van der Waals surface area contributed by atoms with Crippen molar-refractivity contribution < 1.29 is 19.0 Å². The normalized spacial score (nSPS) is 19.1. The van der Waals surface area contributed by atoms with Crippen molar-refractivity contribution in [1.82, 2.24) is 5.32 Å². The van der Waals surface area contributed by atoms with Gasteiger partial charge in [0, 0.05) is 30.8 Å². The lowest BCUT2D eigenvalue weighted by molar-refractivity contribution is -0.0588. The van der Waals surface area contributed by atoms with Gasteiger partial charge in [0.25, 0.3) is 0 Å². The summed E-state index contributed by atoms with van der Waals surface area (Å²) in [6.07, 6.45) is 1.33. The van der Waals surface area contributed by atoms with E-state index < -0.39 is 6.10 Å². The number of aliphatic hydroxyl groups excluding tert-OH is 1. The van der Waals surface area contributed by atoms with Crippen LogP contribution in [0.5, 0.6) is 0 Å². The highest BCUT2D eigenvalue weighted by Crippen LogP contribution is 2.23. The Labute approximate surface area is 135 Å². The Kier molecular flexibility index (Phi) is 7.05. The molecule has 0 spiro atoms. The van der Waals surface area contributed by atoms with Gasteiger partial charge in [-0.25, -0.2) is 4.39 Å². The summed E-state index contributed by atoms with van der Waals surface area (Å²) in [4.78, 5) is 0. The molecule has 2 unspecified atom stereocenters. The van der Waals surface area contributed by atoms with Gasteiger partial charge in [0.05, 0.1) is 18.8 Å². The lowest BCUT2D eigenvalue weighted by Gasteiger charge is -2.24. The van der Waals surface area contributed by atoms with Gasteiger partial charge in [-0.2, -0.15) is 0 Å². The number of aliphatic hydroxyl groups is 1. The zero-order valence-corrected chi connectivity index (χ0v) is 13.5. The molecule has 0 aromatic heterocycles. The van der Waals surface area contributed by atoms with E-state index in [1.807, 2.05) is 6.92 Å². The smallest absolute Gasteiger partial charge is 0.124 e. The van der Waals surface area contributed by atoms with E-state index in [0.29, 0.717) is 18.2 Å². The van der Waals surface area contributed by atoms with Gasteiger partial charge in [-0.3, -0.25) is 0 Å². The number of nitrogens with one attached hydrogen (secondary N) is 1. The van der Waals surface area contributed by atoms with Gasteiger partial charge in [0.1, 0.15) is 5.82 Å². The molecule has 1 fully saturated rings. The third-order valence-electron chi connectivity index (χ3n) is 3.78. The highest BCUT2D eigenvalue weighted by molar-refractivity contribution is 6.31. The van der Waals surface area contributed by atoms with Crippen molar-refractivity contribution in [3.05, 3.63) is 34.6 Å². The van der Waals surface area contributed by atoms with Crippen LogP contribution in [0.2, 0.25) is 5.02 Å². The molecule has 1 aliphatic rings. The van der Waals surface area contributed by atoms with Gasteiger partial charge >= 0.3 is 0 Å². The molecule has 0 aliphatic carbocycles. The molecule has 1 saturated heterocycles. The SMILES string of the molecule is CC(NCC(O)COC1CCOCC1)c1ccc(F)cc1Cl. The van der Waals surface area contributed by atoms with Gasteiger partial charge in [0.15, 0.2) is 0 Å². The Bertz CT molecular complexity index is 469. The minimum atomic E-state index is -0.593. The molecule has 2 atom stereocenters. The largest absolute Gasteiger partial charge is 0.389 e. The number of halogens is 2. The predicted octanol–water partition coefficient (Wildman–Crippen LogP) is 2.69. The second kappa shape index (κ2) is 8.79. The highest BCUT2D eigenvalue weighted by atomic mass is 35.5. The average molecular weight is 332 g/mol. The molecule has 0 bridgehead atoms. The Morgan fingerprint density at radius 1 is 1.45 bits per heavy atom. The summed E-state index contributed by atoms with van der Waals surface area (Å²) >= 11 is 6.02. The van der Waals surface area contributed by atoms with E-state index in [1.54, 1.807) is 6.07 Å². The quantitative estimate of drug-likeness (QED) is 0.806. The van der Waals surface area contributed by atoms with E-state index in [2.05, 4.69) is 5.32 Å². The number of rotatable bonds is 7. The van der Waals surface area contributed by atoms with Crippen LogP contribution in [0.3, 0.4) is 0 Å². The molecule has 1 heterocycles. The molecular weight excluding hydrogens is 309 g/mol. The zero-order valence-electron chi connectivity index (χ0n) is 12.7. The molecule has 4 nitrogen and oxygen atoms in total. The summed E-state index contributed by atoms with van der Waals surface area (Å²) in [6, 6.07) is 4.25. The monoisotopic (exact) mass is 331 g/mol. The van der Waals surface area contributed by atoms with E-state index in [1.165, 1.54) is 12.1 Å². The Balaban J connectivity index is 1.71. The molecule has 0 amide bonds. The van der Waals surface area contributed by atoms with Crippen LogP contribution in [-0.4, -0.2) is 43.7 Å². The molecule has 1 aromatic rings. The molecule has 2 N–H and O–H groups in total. The first-order valence-electron chi connectivity index (χ1n) is 7.62. The summed E-state index contributed by atoms with van der Waals surface area (Å²) in [7, 11) is 0. The number of ether oxygens (including phenoxy) is 2. The van der Waals surface area contributed by atoms with Crippen LogP contribution in [0.25, 0.3) is 0 Å². The van der Waals surface area contributed by atoms with Crippen molar-refractivity contribution in [2.45, 2.75) is 38.0 Å². The fourth-order valence-corrected chi connectivity index (χ4v) is 2.76. The van der Waals surface area contributed by atoms with Crippen molar-refractivity contribution in [2.24, 2.45) is 0 Å². The molecular formula is C16H23ClFNO3. The van der Waals surface area contributed by atoms with Gasteiger partial charge in [-0.05, 0) is 37.5 Å². The Morgan fingerprint density at radius 3 is 2.86 bits per heavy atom. The third kappa shape index (κ3) is 5.48. The number of hydrogen-bond donors (Lipinski definition) is 2. The summed E-state index contributed by atoms with van der Waals surface area (Å²) in [5, 5.41) is 13.5. The van der Waals surface area contributed by atoms with Crippen LogP contribution >= 0.6 is 11.6 Å². The van der Waals surface area contributed by atoms with Crippen molar-refractivity contribution >= 4 is 11.6 Å². The van der Waals surface area contributed by atoms with Gasteiger partial charge in [0.2, 0.25) is 0 Å². The van der Waals surface area contributed by atoms with Crippen LogP contribution in [0, 0.1) is 5.82 Å². The maximum Gasteiger partial charge on any atom is 0.124 e. The average Bonchev–Trinajstić information content (AvgIpc) is 2.51. The van der Waals surface area contributed by atoms with Crippen LogP contribution < -0.4 is 5.32 Å². The van der Waals surface area contributed by atoms with Crippen LogP contribution in [0.15, 0.2) is 18.2 Å². The Morgan fingerprint density at radius 2 is 2.18 bits per heavy atom. The first-order valence-corrected chi connectivity index (χ1v) is 8.00. The lowest BCUT2D eigenvalue weighted by Crippen LogP contribution is -2.34. The summed E-state index contributed by atoms with van der Waals surface area (Å²) in [6.45, 7) is 4.04. The van der Waals surface area contributed by atoms with E-state index in [-0.39, 0.29) is 18.0 Å². The molecule has 2 rings (SSSR count). The minimum Gasteiger partial charge on any atom is -0.389 e. The Hall–Kier alpha value is -0.720. The molecule has 6 heteroatoms. The molecule has 1 aliphatic heterocycles. The predicted molar refractivity (Wildman–Crippen MR) is 83.6 cm³/mol. The molecule has 124 valence electrons. The summed E-state index contributed by atoms with van der Waals surface area (Å²) < 4.78 is 24.0.